The molecule has 1 aliphatic carbocycles. The molecule has 1 saturated carbocycles. The van der Waals surface area contributed by atoms with Crippen LogP contribution in [0.25, 0.3) is 0 Å². The van der Waals surface area contributed by atoms with Gasteiger partial charge in [-0.3, -0.25) is 4.79 Å². The van der Waals surface area contributed by atoms with E-state index in [2.05, 4.69) is 23.4 Å². The fraction of sp³-hybridized carbons (Fsp3) is 0.600. The third kappa shape index (κ3) is 1.80. The predicted molar refractivity (Wildman–Crippen MR) is 56.1 cm³/mol. The average Bonchev–Trinajstić information content (AvgIpc) is 2.91. The zero-order chi connectivity index (χ0) is 10.1. The Kier molecular flexibility index (Phi) is 2.54. The molecule has 1 amide bonds. The van der Waals surface area contributed by atoms with Gasteiger partial charge in [0.1, 0.15) is 0 Å². The van der Waals surface area contributed by atoms with Gasteiger partial charge >= 0.3 is 0 Å². The lowest BCUT2D eigenvalue weighted by Crippen LogP contribution is -2.17. The molecule has 1 heterocycles. The molecule has 14 heavy (non-hydrogen) atoms. The lowest BCUT2D eigenvalue weighted by atomic mass is 10.3. The highest BCUT2D eigenvalue weighted by molar-refractivity contribution is 7.09. The van der Waals surface area contributed by atoms with E-state index < -0.39 is 0 Å². The summed E-state index contributed by atoms with van der Waals surface area (Å²) in [6.45, 7) is 5.20. The van der Waals surface area contributed by atoms with Crippen LogP contribution in [-0.4, -0.2) is 11.0 Å². The first-order valence-corrected chi connectivity index (χ1v) is 5.68. The fourth-order valence-corrected chi connectivity index (χ4v) is 2.46. The minimum atomic E-state index is 0.633. The highest BCUT2D eigenvalue weighted by Crippen LogP contribution is 2.31. The van der Waals surface area contributed by atoms with Gasteiger partial charge in [0.2, 0.25) is 6.41 Å². The fourth-order valence-electron chi connectivity index (χ4n) is 1.51. The van der Waals surface area contributed by atoms with E-state index in [4.69, 9.17) is 0 Å². The third-order valence-electron chi connectivity index (χ3n) is 2.69. The van der Waals surface area contributed by atoms with Crippen LogP contribution in [0.1, 0.15) is 23.4 Å². The van der Waals surface area contributed by atoms with E-state index >= 15 is 0 Å². The van der Waals surface area contributed by atoms with Gasteiger partial charge in [-0.05, 0) is 32.6 Å². The van der Waals surface area contributed by atoms with Crippen molar-refractivity contribution in [2.45, 2.75) is 33.2 Å². The van der Waals surface area contributed by atoms with E-state index in [1.54, 1.807) is 11.3 Å². The van der Waals surface area contributed by atoms with Gasteiger partial charge in [-0.15, -0.1) is 11.3 Å². The number of hydrogen-bond acceptors (Lipinski definition) is 2. The topological polar surface area (TPSA) is 34.4 Å². The van der Waals surface area contributed by atoms with E-state index in [1.165, 1.54) is 23.4 Å². The summed E-state index contributed by atoms with van der Waals surface area (Å²) in [5.74, 6) is 0.813. The van der Waals surface area contributed by atoms with Crippen molar-refractivity contribution in [2.24, 2.45) is 10.9 Å². The third-order valence-corrected chi connectivity index (χ3v) is 3.80. The molecule has 0 aromatic carbocycles. The van der Waals surface area contributed by atoms with Gasteiger partial charge in [0.15, 0.2) is 4.80 Å². The number of aryl methyl sites for hydroxylation is 1. The molecule has 0 aliphatic heterocycles. The van der Waals surface area contributed by atoms with E-state index in [0.717, 1.165) is 17.3 Å². The molecule has 0 N–H and O–H groups in total. The summed E-state index contributed by atoms with van der Waals surface area (Å²) < 4.78 is 2.17. The van der Waals surface area contributed by atoms with Gasteiger partial charge in [0, 0.05) is 17.1 Å². The van der Waals surface area contributed by atoms with Gasteiger partial charge < -0.3 is 4.57 Å². The highest BCUT2D eigenvalue weighted by Gasteiger charge is 2.23. The molecular weight excluding hydrogens is 196 g/mol. The SMILES string of the molecule is Cc1sc(=NC=O)n(CC2CC2)c1C. The lowest BCUT2D eigenvalue weighted by Gasteiger charge is -2.03. The van der Waals surface area contributed by atoms with Crippen LogP contribution in [0.5, 0.6) is 0 Å². The Balaban J connectivity index is 2.41. The van der Waals surface area contributed by atoms with E-state index in [9.17, 15) is 4.79 Å². The Bertz CT molecular complexity index is 412. The van der Waals surface area contributed by atoms with Crippen molar-refractivity contribution in [3.63, 3.8) is 0 Å². The molecule has 0 spiro atoms. The highest BCUT2D eigenvalue weighted by atomic mass is 32.1. The van der Waals surface area contributed by atoms with Crippen molar-refractivity contribution >= 4 is 17.7 Å². The van der Waals surface area contributed by atoms with Crippen molar-refractivity contribution in [1.82, 2.24) is 4.57 Å². The molecule has 0 radical (unpaired) electrons. The summed E-state index contributed by atoms with van der Waals surface area (Å²) in [4.78, 5) is 16.3. The molecule has 0 saturated heterocycles. The Morgan fingerprint density at radius 2 is 2.29 bits per heavy atom. The first-order chi connectivity index (χ1) is 6.72. The van der Waals surface area contributed by atoms with Gasteiger partial charge in [0.25, 0.3) is 0 Å². The monoisotopic (exact) mass is 210 g/mol. The molecule has 1 aliphatic rings. The molecule has 0 atom stereocenters. The van der Waals surface area contributed by atoms with Crippen molar-refractivity contribution in [3.05, 3.63) is 15.4 Å². The summed E-state index contributed by atoms with van der Waals surface area (Å²) in [6.07, 6.45) is 3.28. The second kappa shape index (κ2) is 3.69. The molecule has 2 rings (SSSR count). The van der Waals surface area contributed by atoms with E-state index in [-0.39, 0.29) is 0 Å². The van der Waals surface area contributed by atoms with Crippen LogP contribution in [0, 0.1) is 19.8 Å². The number of hydrogen-bond donors (Lipinski definition) is 0. The van der Waals surface area contributed by atoms with Crippen LogP contribution < -0.4 is 4.80 Å². The molecule has 1 aromatic heterocycles. The summed E-state index contributed by atoms with van der Waals surface area (Å²) in [5, 5.41) is 0. The van der Waals surface area contributed by atoms with Crippen LogP contribution in [-0.2, 0) is 11.3 Å². The number of rotatable bonds is 3. The molecule has 1 fully saturated rings. The Hall–Kier alpha value is -0.900. The smallest absolute Gasteiger partial charge is 0.235 e. The quantitative estimate of drug-likeness (QED) is 0.698. The molecule has 4 heteroatoms. The largest absolute Gasteiger partial charge is 0.320 e. The number of aromatic nitrogens is 1. The second-order valence-electron chi connectivity index (χ2n) is 3.81. The first kappa shape index (κ1) is 9.65. The Morgan fingerprint density at radius 3 is 2.86 bits per heavy atom. The van der Waals surface area contributed by atoms with Crippen LogP contribution >= 0.6 is 11.3 Å². The van der Waals surface area contributed by atoms with Gasteiger partial charge in [-0.2, -0.15) is 4.99 Å². The summed E-state index contributed by atoms with van der Waals surface area (Å²) >= 11 is 1.60. The van der Waals surface area contributed by atoms with E-state index in [0.29, 0.717) is 6.41 Å². The van der Waals surface area contributed by atoms with Gasteiger partial charge in [-0.1, -0.05) is 0 Å². The van der Waals surface area contributed by atoms with Gasteiger partial charge in [0.05, 0.1) is 0 Å². The number of nitrogens with zero attached hydrogens (tertiary/aromatic N) is 2. The maximum atomic E-state index is 10.4. The number of thiazole rings is 1. The predicted octanol–water partition coefficient (Wildman–Crippen LogP) is 1.63. The standard InChI is InChI=1S/C10H14N2OS/c1-7-8(2)14-10(11-6-13)12(7)5-9-3-4-9/h6,9H,3-5H2,1-2H3. The van der Waals surface area contributed by atoms with Crippen LogP contribution in [0.4, 0.5) is 0 Å². The Labute approximate surface area is 87.1 Å². The van der Waals surface area contributed by atoms with Crippen molar-refractivity contribution in [3.8, 4) is 0 Å². The van der Waals surface area contributed by atoms with Crippen molar-refractivity contribution < 1.29 is 4.79 Å². The number of carbonyl (C=O) groups is 1. The molecule has 0 unspecified atom stereocenters. The van der Waals surface area contributed by atoms with Crippen LogP contribution in [0.3, 0.4) is 0 Å². The summed E-state index contributed by atoms with van der Waals surface area (Å²) in [5.41, 5.74) is 1.25. The normalized spacial score (nSPS) is 17.4. The average molecular weight is 210 g/mol. The molecule has 76 valence electrons. The zero-order valence-corrected chi connectivity index (χ0v) is 9.30. The Morgan fingerprint density at radius 1 is 1.57 bits per heavy atom. The number of carbonyl (C=O) groups excluding carboxylic acids is 1. The molecule has 3 nitrogen and oxygen atoms in total. The lowest BCUT2D eigenvalue weighted by molar-refractivity contribution is -0.107. The number of amides is 1. The molecule has 1 aromatic rings. The minimum absolute atomic E-state index is 0.633. The first-order valence-electron chi connectivity index (χ1n) is 4.86. The van der Waals surface area contributed by atoms with Crippen molar-refractivity contribution in [2.75, 3.05) is 0 Å². The van der Waals surface area contributed by atoms with Crippen molar-refractivity contribution in [1.29, 1.82) is 0 Å². The molecular formula is C10H14N2OS. The van der Waals surface area contributed by atoms with Gasteiger partial charge in [-0.25, -0.2) is 0 Å². The summed E-state index contributed by atoms with van der Waals surface area (Å²) in [6, 6.07) is 0. The maximum absolute atomic E-state index is 10.4. The van der Waals surface area contributed by atoms with Crippen LogP contribution in [0.2, 0.25) is 0 Å². The van der Waals surface area contributed by atoms with E-state index in [1.807, 2.05) is 0 Å². The zero-order valence-electron chi connectivity index (χ0n) is 8.49. The summed E-state index contributed by atoms with van der Waals surface area (Å²) in [7, 11) is 0. The maximum Gasteiger partial charge on any atom is 0.235 e. The van der Waals surface area contributed by atoms with Crippen LogP contribution in [0.15, 0.2) is 4.99 Å². The minimum Gasteiger partial charge on any atom is -0.320 e. The molecule has 0 bridgehead atoms. The second-order valence-corrected chi connectivity index (χ2v) is 5.00.